The summed E-state index contributed by atoms with van der Waals surface area (Å²) < 4.78 is 13.3. The lowest BCUT2D eigenvalue weighted by Gasteiger charge is -2.36. The topological polar surface area (TPSA) is 67.9 Å². The van der Waals surface area contributed by atoms with Crippen molar-refractivity contribution in [2.75, 3.05) is 44.6 Å². The maximum atomic E-state index is 13.3. The fourth-order valence-electron chi connectivity index (χ4n) is 4.05. The molecule has 1 heterocycles. The lowest BCUT2D eigenvalue weighted by molar-refractivity contribution is 0.132. The zero-order valence-corrected chi connectivity index (χ0v) is 22.2. The smallest absolute Gasteiger partial charge is 0.321 e. The van der Waals surface area contributed by atoms with Gasteiger partial charge in [-0.25, -0.2) is 14.0 Å². The number of benzene rings is 2. The summed E-state index contributed by atoms with van der Waals surface area (Å²) >= 11 is 0. The van der Waals surface area contributed by atoms with E-state index in [1.165, 1.54) is 17.7 Å². The van der Waals surface area contributed by atoms with Gasteiger partial charge in [0.2, 0.25) is 0 Å². The van der Waals surface area contributed by atoms with E-state index in [4.69, 9.17) is 0 Å². The number of urea groups is 2. The van der Waals surface area contributed by atoms with Crippen LogP contribution in [0.15, 0.2) is 48.5 Å². The zero-order chi connectivity index (χ0) is 26.3. The van der Waals surface area contributed by atoms with E-state index in [0.29, 0.717) is 38.6 Å². The molecule has 0 aliphatic carbocycles. The average molecular weight is 498 g/mol. The predicted octanol–water partition coefficient (Wildman–Crippen LogP) is 5.11. The van der Waals surface area contributed by atoms with Gasteiger partial charge in [-0.3, -0.25) is 4.90 Å². The van der Waals surface area contributed by atoms with Crippen LogP contribution in [0.2, 0.25) is 0 Å². The van der Waals surface area contributed by atoms with Crippen LogP contribution < -0.4 is 10.6 Å². The Kier molecular flexibility index (Phi) is 9.31. The van der Waals surface area contributed by atoms with E-state index in [9.17, 15) is 14.0 Å². The van der Waals surface area contributed by atoms with Crippen molar-refractivity contribution in [3.05, 3.63) is 65.5 Å². The van der Waals surface area contributed by atoms with Crippen LogP contribution in [-0.2, 0) is 6.54 Å². The number of amides is 4. The summed E-state index contributed by atoms with van der Waals surface area (Å²) in [6.07, 6.45) is 0. The fourth-order valence-corrected chi connectivity index (χ4v) is 4.05. The monoisotopic (exact) mass is 497 g/mol. The first-order valence-electron chi connectivity index (χ1n) is 12.7. The molecule has 7 nitrogen and oxygen atoms in total. The zero-order valence-electron chi connectivity index (χ0n) is 22.2. The van der Waals surface area contributed by atoms with Crippen molar-refractivity contribution >= 4 is 17.7 Å². The molecular formula is C28H40FN5O2. The standard InChI is InChI=1S/C28H40FN5O2/c1-21(2)23-8-12-25(13-9-23)30-26(35)33-17-14-32(15-18-33)16-19-34(27(36)31-28(3,4)5)20-22-6-10-24(29)11-7-22/h6-13,21H,14-20H2,1-5H3,(H,30,35)(H,31,36). The summed E-state index contributed by atoms with van der Waals surface area (Å²) in [5, 5.41) is 6.02. The van der Waals surface area contributed by atoms with E-state index in [2.05, 4.69) is 29.4 Å². The first-order chi connectivity index (χ1) is 17.0. The van der Waals surface area contributed by atoms with Crippen molar-refractivity contribution < 1.29 is 14.0 Å². The summed E-state index contributed by atoms with van der Waals surface area (Å²) in [5.41, 5.74) is 2.56. The SMILES string of the molecule is CC(C)c1ccc(NC(=O)N2CCN(CCN(Cc3ccc(F)cc3)C(=O)NC(C)(C)C)CC2)cc1. The minimum Gasteiger partial charge on any atom is -0.333 e. The van der Waals surface area contributed by atoms with Crippen LogP contribution in [0.25, 0.3) is 0 Å². The molecule has 0 atom stereocenters. The third-order valence-electron chi connectivity index (χ3n) is 6.23. The molecule has 0 bridgehead atoms. The molecule has 0 aromatic heterocycles. The van der Waals surface area contributed by atoms with Crippen molar-refractivity contribution in [1.82, 2.24) is 20.0 Å². The maximum Gasteiger partial charge on any atom is 0.321 e. The molecule has 8 heteroatoms. The second-order valence-electron chi connectivity index (χ2n) is 10.8. The van der Waals surface area contributed by atoms with Crippen LogP contribution in [-0.4, -0.2) is 71.6 Å². The molecule has 1 aliphatic heterocycles. The Balaban J connectivity index is 1.50. The molecular weight excluding hydrogens is 457 g/mol. The van der Waals surface area contributed by atoms with Crippen LogP contribution in [0.4, 0.5) is 19.7 Å². The van der Waals surface area contributed by atoms with E-state index in [1.54, 1.807) is 17.0 Å². The number of carbonyl (C=O) groups is 2. The number of nitrogens with one attached hydrogen (secondary N) is 2. The van der Waals surface area contributed by atoms with Gasteiger partial charge in [0.1, 0.15) is 5.82 Å². The first-order valence-corrected chi connectivity index (χ1v) is 12.7. The van der Waals surface area contributed by atoms with E-state index in [0.717, 1.165) is 24.3 Å². The minimum atomic E-state index is -0.355. The van der Waals surface area contributed by atoms with Gasteiger partial charge in [0, 0.05) is 57.0 Å². The molecule has 196 valence electrons. The van der Waals surface area contributed by atoms with Gasteiger partial charge in [-0.2, -0.15) is 0 Å². The number of anilines is 1. The predicted molar refractivity (Wildman–Crippen MR) is 143 cm³/mol. The van der Waals surface area contributed by atoms with Crippen molar-refractivity contribution in [1.29, 1.82) is 0 Å². The molecule has 1 saturated heterocycles. The molecule has 3 rings (SSSR count). The molecule has 1 fully saturated rings. The number of rotatable bonds is 7. The molecule has 4 amide bonds. The number of piperazine rings is 1. The summed E-state index contributed by atoms with van der Waals surface area (Å²) in [5.74, 6) is 0.160. The van der Waals surface area contributed by atoms with Gasteiger partial charge in [0.15, 0.2) is 0 Å². The number of carbonyl (C=O) groups excluding carboxylic acids is 2. The summed E-state index contributed by atoms with van der Waals surface area (Å²) in [7, 11) is 0. The second kappa shape index (κ2) is 12.2. The van der Waals surface area contributed by atoms with E-state index < -0.39 is 0 Å². The van der Waals surface area contributed by atoms with Gasteiger partial charge in [0.25, 0.3) is 0 Å². The van der Waals surface area contributed by atoms with Crippen LogP contribution in [0, 0.1) is 5.82 Å². The summed E-state index contributed by atoms with van der Waals surface area (Å²) in [4.78, 5) is 31.5. The van der Waals surface area contributed by atoms with Gasteiger partial charge in [-0.15, -0.1) is 0 Å². The maximum absolute atomic E-state index is 13.3. The third-order valence-corrected chi connectivity index (χ3v) is 6.23. The van der Waals surface area contributed by atoms with Crippen LogP contribution in [0.5, 0.6) is 0 Å². The number of nitrogens with zero attached hydrogens (tertiary/aromatic N) is 3. The summed E-state index contributed by atoms with van der Waals surface area (Å²) in [6.45, 7) is 14.5. The van der Waals surface area contributed by atoms with E-state index in [-0.39, 0.29) is 23.4 Å². The number of hydrogen-bond acceptors (Lipinski definition) is 3. The quantitative estimate of drug-likeness (QED) is 0.559. The average Bonchev–Trinajstić information content (AvgIpc) is 2.82. The number of halogens is 1. The largest absolute Gasteiger partial charge is 0.333 e. The Bertz CT molecular complexity index is 994. The normalized spacial score (nSPS) is 14.6. The minimum absolute atomic E-state index is 0.0885. The molecule has 0 spiro atoms. The van der Waals surface area contributed by atoms with Crippen molar-refractivity contribution in [3.8, 4) is 0 Å². The molecule has 0 unspecified atom stereocenters. The van der Waals surface area contributed by atoms with Crippen LogP contribution >= 0.6 is 0 Å². The molecule has 2 aromatic carbocycles. The molecule has 1 aliphatic rings. The fraction of sp³-hybridized carbons (Fsp3) is 0.500. The van der Waals surface area contributed by atoms with E-state index >= 15 is 0 Å². The van der Waals surface area contributed by atoms with Crippen molar-refractivity contribution in [2.24, 2.45) is 0 Å². The van der Waals surface area contributed by atoms with E-state index in [1.807, 2.05) is 49.9 Å². The van der Waals surface area contributed by atoms with Crippen molar-refractivity contribution in [2.45, 2.75) is 52.6 Å². The Morgan fingerprint density at radius 1 is 0.972 bits per heavy atom. The Hall–Kier alpha value is -3.13. The molecule has 0 saturated carbocycles. The Morgan fingerprint density at radius 2 is 1.58 bits per heavy atom. The van der Waals surface area contributed by atoms with Crippen LogP contribution in [0.1, 0.15) is 51.7 Å². The highest BCUT2D eigenvalue weighted by molar-refractivity contribution is 5.89. The highest BCUT2D eigenvalue weighted by Crippen LogP contribution is 2.18. The van der Waals surface area contributed by atoms with Gasteiger partial charge >= 0.3 is 12.1 Å². The molecule has 2 aromatic rings. The number of hydrogen-bond donors (Lipinski definition) is 2. The van der Waals surface area contributed by atoms with Crippen molar-refractivity contribution in [3.63, 3.8) is 0 Å². The molecule has 36 heavy (non-hydrogen) atoms. The summed E-state index contributed by atoms with van der Waals surface area (Å²) in [6, 6.07) is 14.0. The van der Waals surface area contributed by atoms with Gasteiger partial charge in [-0.1, -0.05) is 38.1 Å². The highest BCUT2D eigenvalue weighted by atomic mass is 19.1. The third kappa shape index (κ3) is 8.52. The lowest BCUT2D eigenvalue weighted by Crippen LogP contribution is -2.53. The second-order valence-corrected chi connectivity index (χ2v) is 10.8. The Labute approximate surface area is 214 Å². The van der Waals surface area contributed by atoms with Crippen LogP contribution in [0.3, 0.4) is 0 Å². The Morgan fingerprint density at radius 3 is 2.14 bits per heavy atom. The van der Waals surface area contributed by atoms with Gasteiger partial charge in [-0.05, 0) is 62.1 Å². The van der Waals surface area contributed by atoms with Gasteiger partial charge < -0.3 is 20.4 Å². The molecule has 2 N–H and O–H groups in total. The van der Waals surface area contributed by atoms with Gasteiger partial charge in [0.05, 0.1) is 0 Å². The highest BCUT2D eigenvalue weighted by Gasteiger charge is 2.24. The molecule has 0 radical (unpaired) electrons. The lowest BCUT2D eigenvalue weighted by atomic mass is 10.0. The first kappa shape index (κ1) is 27.5.